The summed E-state index contributed by atoms with van der Waals surface area (Å²) >= 11 is 6.09. The lowest BCUT2D eigenvalue weighted by Gasteiger charge is -2.35. The number of hydrogen-bond donors (Lipinski definition) is 1. The lowest BCUT2D eigenvalue weighted by Crippen LogP contribution is -2.44. The van der Waals surface area contributed by atoms with Gasteiger partial charge in [-0.1, -0.05) is 11.6 Å². The Kier molecular flexibility index (Phi) is 6.11. The van der Waals surface area contributed by atoms with Crippen LogP contribution in [0.2, 0.25) is 5.02 Å². The second-order valence-electron chi connectivity index (χ2n) is 5.19. The summed E-state index contributed by atoms with van der Waals surface area (Å²) < 4.78 is 0. The van der Waals surface area contributed by atoms with Gasteiger partial charge in [-0.15, -0.1) is 12.4 Å². The Morgan fingerprint density at radius 2 is 2.00 bits per heavy atom. The van der Waals surface area contributed by atoms with Crippen LogP contribution in [-0.4, -0.2) is 48.9 Å². The van der Waals surface area contributed by atoms with Crippen LogP contribution >= 0.6 is 24.0 Å². The van der Waals surface area contributed by atoms with E-state index in [9.17, 15) is 4.79 Å². The van der Waals surface area contributed by atoms with Crippen LogP contribution in [0.3, 0.4) is 0 Å². The largest absolute Gasteiger partial charge is 0.399 e. The highest BCUT2D eigenvalue weighted by Gasteiger charge is 2.25. The molecule has 0 spiro atoms. The summed E-state index contributed by atoms with van der Waals surface area (Å²) in [5.74, 6) is -0.0282. The third kappa shape index (κ3) is 3.78. The minimum Gasteiger partial charge on any atom is -0.399 e. The molecule has 1 amide bonds. The molecule has 0 radical (unpaired) electrons. The van der Waals surface area contributed by atoms with E-state index in [4.69, 9.17) is 17.3 Å². The average molecular weight is 318 g/mol. The van der Waals surface area contributed by atoms with Crippen LogP contribution < -0.4 is 5.73 Å². The number of benzene rings is 1. The summed E-state index contributed by atoms with van der Waals surface area (Å²) in [5, 5.41) is 0.421. The molecule has 2 N–H and O–H groups in total. The molecule has 20 heavy (non-hydrogen) atoms. The molecular formula is C14H21Cl2N3O. The maximum atomic E-state index is 12.4. The molecule has 0 aromatic heterocycles. The van der Waals surface area contributed by atoms with Crippen molar-refractivity contribution >= 4 is 35.6 Å². The van der Waals surface area contributed by atoms with Gasteiger partial charge in [-0.2, -0.15) is 0 Å². The van der Waals surface area contributed by atoms with Crippen LogP contribution in [0.25, 0.3) is 0 Å². The van der Waals surface area contributed by atoms with E-state index >= 15 is 0 Å². The molecule has 0 bridgehead atoms. The number of hydrogen-bond acceptors (Lipinski definition) is 3. The number of likely N-dealkylation sites (tertiary alicyclic amines) is 1. The highest BCUT2D eigenvalue weighted by molar-refractivity contribution is 6.34. The second-order valence-corrected chi connectivity index (χ2v) is 5.60. The van der Waals surface area contributed by atoms with E-state index < -0.39 is 0 Å². The number of anilines is 1. The number of rotatable bonds is 2. The summed E-state index contributed by atoms with van der Waals surface area (Å²) in [4.78, 5) is 16.5. The van der Waals surface area contributed by atoms with Gasteiger partial charge in [0.2, 0.25) is 0 Å². The van der Waals surface area contributed by atoms with Crippen molar-refractivity contribution in [2.45, 2.75) is 18.9 Å². The SMILES string of the molecule is CN1CCC(N(C)C(=O)c2ccc(N)cc2Cl)CC1.Cl. The number of amides is 1. The minimum atomic E-state index is -0.0282. The van der Waals surface area contributed by atoms with E-state index in [0.717, 1.165) is 25.9 Å². The predicted molar refractivity (Wildman–Crippen MR) is 85.7 cm³/mol. The van der Waals surface area contributed by atoms with Crippen LogP contribution in [0, 0.1) is 0 Å². The van der Waals surface area contributed by atoms with Gasteiger partial charge in [-0.25, -0.2) is 0 Å². The molecule has 2 rings (SSSR count). The number of nitrogens with two attached hydrogens (primary N) is 1. The molecule has 6 heteroatoms. The Bertz CT molecular complexity index is 473. The maximum Gasteiger partial charge on any atom is 0.255 e. The number of carbonyl (C=O) groups excluding carboxylic acids is 1. The smallest absolute Gasteiger partial charge is 0.255 e. The van der Waals surface area contributed by atoms with Crippen LogP contribution in [-0.2, 0) is 0 Å². The molecule has 0 aliphatic carbocycles. The average Bonchev–Trinajstić information content (AvgIpc) is 2.38. The lowest BCUT2D eigenvalue weighted by molar-refractivity contribution is 0.0660. The molecule has 4 nitrogen and oxygen atoms in total. The molecule has 0 saturated carbocycles. The topological polar surface area (TPSA) is 49.6 Å². The molecule has 1 saturated heterocycles. The number of piperidine rings is 1. The number of nitrogens with zero attached hydrogens (tertiary/aromatic N) is 2. The highest BCUT2D eigenvalue weighted by Crippen LogP contribution is 2.23. The van der Waals surface area contributed by atoms with Gasteiger partial charge in [0, 0.05) is 18.8 Å². The molecule has 1 heterocycles. The highest BCUT2D eigenvalue weighted by atomic mass is 35.5. The van der Waals surface area contributed by atoms with Crippen molar-refractivity contribution in [1.82, 2.24) is 9.80 Å². The summed E-state index contributed by atoms with van der Waals surface area (Å²) in [6.07, 6.45) is 2.01. The van der Waals surface area contributed by atoms with Gasteiger partial charge in [-0.3, -0.25) is 4.79 Å². The number of carbonyl (C=O) groups is 1. The standard InChI is InChI=1S/C14H20ClN3O.ClH/c1-17-7-5-11(6-8-17)18(2)14(19)12-4-3-10(16)9-13(12)15;/h3-4,9,11H,5-8,16H2,1-2H3;1H. The van der Waals surface area contributed by atoms with Gasteiger partial charge in [-0.05, 0) is 51.2 Å². The van der Waals surface area contributed by atoms with Gasteiger partial charge >= 0.3 is 0 Å². The van der Waals surface area contributed by atoms with Crippen molar-refractivity contribution in [3.8, 4) is 0 Å². The molecule has 1 aromatic carbocycles. The quantitative estimate of drug-likeness (QED) is 0.853. The van der Waals surface area contributed by atoms with Gasteiger partial charge in [0.25, 0.3) is 5.91 Å². The molecule has 112 valence electrons. The van der Waals surface area contributed by atoms with E-state index in [0.29, 0.717) is 16.3 Å². The molecule has 0 unspecified atom stereocenters. The van der Waals surface area contributed by atoms with Crippen LogP contribution in [0.5, 0.6) is 0 Å². The van der Waals surface area contributed by atoms with E-state index in [1.54, 1.807) is 18.2 Å². The molecule has 1 aliphatic heterocycles. The zero-order valence-electron chi connectivity index (χ0n) is 11.8. The molecule has 1 aromatic rings. The van der Waals surface area contributed by atoms with Gasteiger partial charge in [0.05, 0.1) is 10.6 Å². The maximum absolute atomic E-state index is 12.4. The number of nitrogen functional groups attached to an aromatic ring is 1. The fraction of sp³-hybridized carbons (Fsp3) is 0.500. The van der Waals surface area contributed by atoms with E-state index in [1.807, 2.05) is 11.9 Å². The Morgan fingerprint density at radius 3 is 2.55 bits per heavy atom. The monoisotopic (exact) mass is 317 g/mol. The first-order valence-corrected chi connectivity index (χ1v) is 6.87. The summed E-state index contributed by atoms with van der Waals surface area (Å²) in [5.41, 5.74) is 6.74. The van der Waals surface area contributed by atoms with Crippen molar-refractivity contribution in [3.05, 3.63) is 28.8 Å². The Balaban J connectivity index is 0.00000200. The molecule has 0 atom stereocenters. The van der Waals surface area contributed by atoms with Crippen molar-refractivity contribution in [3.63, 3.8) is 0 Å². The van der Waals surface area contributed by atoms with Crippen LogP contribution in [0.15, 0.2) is 18.2 Å². The van der Waals surface area contributed by atoms with E-state index in [2.05, 4.69) is 11.9 Å². The first-order valence-electron chi connectivity index (χ1n) is 6.50. The Morgan fingerprint density at radius 1 is 1.40 bits per heavy atom. The summed E-state index contributed by atoms with van der Waals surface area (Å²) in [6, 6.07) is 5.32. The fourth-order valence-electron chi connectivity index (χ4n) is 2.44. The molecule has 1 fully saturated rings. The third-order valence-corrected chi connectivity index (χ3v) is 4.09. The van der Waals surface area contributed by atoms with E-state index in [1.165, 1.54) is 0 Å². The number of halogens is 2. The van der Waals surface area contributed by atoms with Crippen LogP contribution in [0.1, 0.15) is 23.2 Å². The van der Waals surface area contributed by atoms with Crippen molar-refractivity contribution < 1.29 is 4.79 Å². The summed E-state index contributed by atoms with van der Waals surface area (Å²) in [7, 11) is 3.96. The van der Waals surface area contributed by atoms with Gasteiger partial charge in [0.15, 0.2) is 0 Å². The first-order chi connectivity index (χ1) is 8.99. The lowest BCUT2D eigenvalue weighted by atomic mass is 10.0. The van der Waals surface area contributed by atoms with Gasteiger partial charge < -0.3 is 15.5 Å². The second kappa shape index (κ2) is 7.16. The zero-order chi connectivity index (χ0) is 14.0. The predicted octanol–water partition coefficient (Wildman–Crippen LogP) is 2.51. The molecule has 1 aliphatic rings. The van der Waals surface area contributed by atoms with Crippen molar-refractivity contribution in [2.75, 3.05) is 32.9 Å². The Labute approximate surface area is 131 Å². The minimum absolute atomic E-state index is 0. The zero-order valence-corrected chi connectivity index (χ0v) is 13.4. The normalized spacial score (nSPS) is 16.6. The third-order valence-electron chi connectivity index (χ3n) is 3.78. The van der Waals surface area contributed by atoms with Crippen molar-refractivity contribution in [2.24, 2.45) is 0 Å². The first kappa shape index (κ1) is 17.1. The fourth-order valence-corrected chi connectivity index (χ4v) is 2.71. The molecular weight excluding hydrogens is 297 g/mol. The van der Waals surface area contributed by atoms with E-state index in [-0.39, 0.29) is 24.4 Å². The summed E-state index contributed by atoms with van der Waals surface area (Å²) in [6.45, 7) is 2.05. The van der Waals surface area contributed by atoms with Gasteiger partial charge in [0.1, 0.15) is 0 Å². The van der Waals surface area contributed by atoms with Crippen molar-refractivity contribution in [1.29, 1.82) is 0 Å². The van der Waals surface area contributed by atoms with Crippen LogP contribution in [0.4, 0.5) is 5.69 Å². The Hall–Kier alpha value is -0.970.